The number of carbonyl (C=O) groups is 1. The van der Waals surface area contributed by atoms with Crippen molar-refractivity contribution in [3.05, 3.63) is 17.5 Å². The minimum Gasteiger partial charge on any atom is -0.360 e. The third kappa shape index (κ3) is 4.37. The van der Waals surface area contributed by atoms with E-state index in [0.29, 0.717) is 17.5 Å². The fraction of sp³-hybridized carbons (Fsp3) is 0.692. The molecule has 4 nitrogen and oxygen atoms in total. The molecule has 0 spiro atoms. The topological polar surface area (TPSA) is 55.1 Å². The number of nitrogens with one attached hydrogen (secondary N) is 1. The molecule has 0 aromatic carbocycles. The van der Waals surface area contributed by atoms with Gasteiger partial charge in [0.15, 0.2) is 0 Å². The highest BCUT2D eigenvalue weighted by Crippen LogP contribution is 2.18. The molecule has 100 valence electrons. The van der Waals surface area contributed by atoms with Crippen LogP contribution in [0, 0.1) is 6.92 Å². The molecule has 1 aliphatic carbocycles. The summed E-state index contributed by atoms with van der Waals surface area (Å²) in [6, 6.07) is 2.31. The standard InChI is InChI=1S/C13H20N2O2S/c1-10-7-12(17-15-10)8-18-9-13(16)14-11-5-3-2-4-6-11/h7,11H,2-6,8-9H2,1H3,(H,14,16). The zero-order valence-corrected chi connectivity index (χ0v) is 11.6. The van der Waals surface area contributed by atoms with E-state index >= 15 is 0 Å². The SMILES string of the molecule is Cc1cc(CSCC(=O)NC2CCCCC2)on1. The van der Waals surface area contributed by atoms with Crippen LogP contribution in [0.15, 0.2) is 10.6 Å². The molecule has 1 fully saturated rings. The summed E-state index contributed by atoms with van der Waals surface area (Å²) >= 11 is 1.57. The molecule has 0 radical (unpaired) electrons. The highest BCUT2D eigenvalue weighted by Gasteiger charge is 2.15. The molecule has 0 aliphatic heterocycles. The molecule has 1 heterocycles. The van der Waals surface area contributed by atoms with Gasteiger partial charge in [-0.2, -0.15) is 0 Å². The average Bonchev–Trinajstić information content (AvgIpc) is 2.76. The summed E-state index contributed by atoms with van der Waals surface area (Å²) in [6.45, 7) is 1.90. The lowest BCUT2D eigenvalue weighted by Crippen LogP contribution is -2.37. The number of aryl methyl sites for hydroxylation is 1. The number of hydrogen-bond donors (Lipinski definition) is 1. The van der Waals surface area contributed by atoms with E-state index in [2.05, 4.69) is 10.5 Å². The van der Waals surface area contributed by atoms with Gasteiger partial charge in [-0.3, -0.25) is 4.79 Å². The molecule has 0 bridgehead atoms. The number of hydrogen-bond acceptors (Lipinski definition) is 4. The first-order chi connectivity index (χ1) is 8.74. The van der Waals surface area contributed by atoms with Gasteiger partial charge in [-0.1, -0.05) is 24.4 Å². The molecule has 5 heteroatoms. The molecule has 0 unspecified atom stereocenters. The second-order valence-electron chi connectivity index (χ2n) is 4.83. The molecule has 2 rings (SSSR count). The number of nitrogens with zero attached hydrogens (tertiary/aromatic N) is 1. The van der Waals surface area contributed by atoms with Crippen LogP contribution < -0.4 is 5.32 Å². The van der Waals surface area contributed by atoms with Crippen molar-refractivity contribution < 1.29 is 9.32 Å². The van der Waals surface area contributed by atoms with E-state index in [-0.39, 0.29) is 5.91 Å². The molecular formula is C13H20N2O2S. The summed E-state index contributed by atoms with van der Waals surface area (Å²) < 4.78 is 5.09. The molecule has 1 aromatic heterocycles. The van der Waals surface area contributed by atoms with Gasteiger partial charge in [-0.15, -0.1) is 11.8 Å². The van der Waals surface area contributed by atoms with Gasteiger partial charge in [0.05, 0.1) is 17.2 Å². The molecule has 1 aliphatic rings. The molecule has 0 atom stereocenters. The van der Waals surface area contributed by atoms with Crippen molar-refractivity contribution in [2.24, 2.45) is 0 Å². The van der Waals surface area contributed by atoms with Crippen LogP contribution in [0.4, 0.5) is 0 Å². The van der Waals surface area contributed by atoms with Crippen molar-refractivity contribution in [2.75, 3.05) is 5.75 Å². The Balaban J connectivity index is 1.62. The van der Waals surface area contributed by atoms with E-state index in [0.717, 1.165) is 24.3 Å². The zero-order chi connectivity index (χ0) is 12.8. The molecular weight excluding hydrogens is 248 g/mol. The van der Waals surface area contributed by atoms with Crippen molar-refractivity contribution in [3.63, 3.8) is 0 Å². The number of carbonyl (C=O) groups excluding carboxylic acids is 1. The number of amides is 1. The lowest BCUT2D eigenvalue weighted by Gasteiger charge is -2.22. The summed E-state index contributed by atoms with van der Waals surface area (Å²) in [6.07, 6.45) is 6.08. The van der Waals surface area contributed by atoms with Gasteiger partial charge < -0.3 is 9.84 Å². The Morgan fingerprint density at radius 3 is 2.94 bits per heavy atom. The first-order valence-electron chi connectivity index (χ1n) is 6.53. The largest absolute Gasteiger partial charge is 0.360 e. The normalized spacial score (nSPS) is 16.7. The summed E-state index contributed by atoms with van der Waals surface area (Å²) in [5.74, 6) is 2.18. The fourth-order valence-corrected chi connectivity index (χ4v) is 2.95. The highest BCUT2D eigenvalue weighted by molar-refractivity contribution is 7.99. The Labute approximate surface area is 112 Å². The average molecular weight is 268 g/mol. The minimum absolute atomic E-state index is 0.142. The smallest absolute Gasteiger partial charge is 0.230 e. The van der Waals surface area contributed by atoms with Crippen molar-refractivity contribution in [1.29, 1.82) is 0 Å². The molecule has 18 heavy (non-hydrogen) atoms. The third-order valence-electron chi connectivity index (χ3n) is 3.12. The summed E-state index contributed by atoms with van der Waals surface area (Å²) in [5.41, 5.74) is 0.886. The number of aromatic nitrogens is 1. The fourth-order valence-electron chi connectivity index (χ4n) is 2.24. The van der Waals surface area contributed by atoms with E-state index in [1.807, 2.05) is 13.0 Å². The first-order valence-corrected chi connectivity index (χ1v) is 7.69. The second kappa shape index (κ2) is 6.83. The Morgan fingerprint density at radius 1 is 1.50 bits per heavy atom. The van der Waals surface area contributed by atoms with Crippen LogP contribution in [0.5, 0.6) is 0 Å². The zero-order valence-electron chi connectivity index (χ0n) is 10.8. The van der Waals surface area contributed by atoms with E-state index in [4.69, 9.17) is 4.52 Å². The van der Waals surface area contributed by atoms with Crippen molar-refractivity contribution >= 4 is 17.7 Å². The van der Waals surface area contributed by atoms with E-state index in [1.54, 1.807) is 11.8 Å². The highest BCUT2D eigenvalue weighted by atomic mass is 32.2. The Morgan fingerprint density at radius 2 is 2.28 bits per heavy atom. The first kappa shape index (κ1) is 13.5. The number of thioether (sulfide) groups is 1. The van der Waals surface area contributed by atoms with Crippen LogP contribution >= 0.6 is 11.8 Å². The van der Waals surface area contributed by atoms with Gasteiger partial charge in [0.2, 0.25) is 5.91 Å². The Hall–Kier alpha value is -0.970. The van der Waals surface area contributed by atoms with Gasteiger partial charge >= 0.3 is 0 Å². The molecule has 1 aromatic rings. The van der Waals surface area contributed by atoms with Crippen LogP contribution in [0.2, 0.25) is 0 Å². The van der Waals surface area contributed by atoms with Gasteiger partial charge in [-0.25, -0.2) is 0 Å². The Kier molecular flexibility index (Phi) is 5.11. The van der Waals surface area contributed by atoms with E-state index in [9.17, 15) is 4.79 Å². The maximum Gasteiger partial charge on any atom is 0.230 e. The quantitative estimate of drug-likeness (QED) is 0.892. The van der Waals surface area contributed by atoms with Crippen molar-refractivity contribution in [2.45, 2.75) is 50.8 Å². The van der Waals surface area contributed by atoms with Gasteiger partial charge in [0.1, 0.15) is 5.76 Å². The monoisotopic (exact) mass is 268 g/mol. The summed E-state index contributed by atoms with van der Waals surface area (Å²) in [4.78, 5) is 11.7. The summed E-state index contributed by atoms with van der Waals surface area (Å²) in [5, 5.41) is 6.92. The van der Waals surface area contributed by atoms with Crippen LogP contribution in [-0.4, -0.2) is 22.9 Å². The predicted molar refractivity (Wildman–Crippen MR) is 72.4 cm³/mol. The Bertz CT molecular complexity index is 386. The van der Waals surface area contributed by atoms with Crippen molar-refractivity contribution in [3.8, 4) is 0 Å². The maximum absolute atomic E-state index is 11.7. The van der Waals surface area contributed by atoms with Gasteiger partial charge in [0.25, 0.3) is 0 Å². The lowest BCUT2D eigenvalue weighted by molar-refractivity contribution is -0.119. The minimum atomic E-state index is 0.142. The maximum atomic E-state index is 11.7. The molecule has 1 saturated carbocycles. The lowest BCUT2D eigenvalue weighted by atomic mass is 9.95. The third-order valence-corrected chi connectivity index (χ3v) is 4.08. The van der Waals surface area contributed by atoms with E-state index in [1.165, 1.54) is 19.3 Å². The van der Waals surface area contributed by atoms with E-state index < -0.39 is 0 Å². The molecule has 0 saturated heterocycles. The van der Waals surface area contributed by atoms with Gasteiger partial charge in [0, 0.05) is 12.1 Å². The molecule has 1 N–H and O–H groups in total. The second-order valence-corrected chi connectivity index (χ2v) is 5.82. The van der Waals surface area contributed by atoms with Crippen molar-refractivity contribution in [1.82, 2.24) is 10.5 Å². The van der Waals surface area contributed by atoms with Crippen LogP contribution in [0.25, 0.3) is 0 Å². The number of rotatable bonds is 5. The van der Waals surface area contributed by atoms with Crippen LogP contribution in [0.3, 0.4) is 0 Å². The van der Waals surface area contributed by atoms with Crippen LogP contribution in [0.1, 0.15) is 43.6 Å². The molecule has 1 amide bonds. The van der Waals surface area contributed by atoms with Crippen LogP contribution in [-0.2, 0) is 10.5 Å². The van der Waals surface area contributed by atoms with Gasteiger partial charge in [-0.05, 0) is 19.8 Å². The summed E-state index contributed by atoms with van der Waals surface area (Å²) in [7, 11) is 0. The predicted octanol–water partition coefficient (Wildman–Crippen LogP) is 2.67.